The molecule has 2 aromatic carbocycles. The molecule has 0 spiro atoms. The maximum atomic E-state index is 14.7. The summed E-state index contributed by atoms with van der Waals surface area (Å²) in [6.07, 6.45) is 9.33. The Hall–Kier alpha value is -4.98. The third-order valence-electron chi connectivity index (χ3n) is 8.09. The molecular formula is C34H31F2N7O3S. The first kappa shape index (κ1) is 30.7. The van der Waals surface area contributed by atoms with Gasteiger partial charge in [-0.25, -0.2) is 21.7 Å². The number of hydrogen-bond acceptors (Lipinski definition) is 7. The normalized spacial score (nSPS) is 15.7. The second kappa shape index (κ2) is 12.7. The molecule has 0 aliphatic carbocycles. The molecule has 0 amide bonds. The van der Waals surface area contributed by atoms with Gasteiger partial charge in [-0.15, -0.1) is 0 Å². The number of fused-ring (bicyclic) bond motifs is 1. The van der Waals surface area contributed by atoms with E-state index in [-0.39, 0.29) is 23.0 Å². The van der Waals surface area contributed by atoms with Crippen LogP contribution in [-0.4, -0.2) is 69.8 Å². The van der Waals surface area contributed by atoms with Crippen molar-refractivity contribution in [2.45, 2.75) is 19.1 Å². The first-order chi connectivity index (χ1) is 22.7. The SMILES string of the molecule is CS(=O)(=O)Nc1cc(-c2ncc(F)cc2F)cc(-c2cnn3cc(-c4cnn(CC5COCCN5Cc5ccccc5)c4)ccc23)c1. The monoisotopic (exact) mass is 655 g/mol. The van der Waals surface area contributed by atoms with Crippen molar-refractivity contribution in [3.8, 4) is 33.5 Å². The van der Waals surface area contributed by atoms with Gasteiger partial charge >= 0.3 is 0 Å². The molecule has 1 atom stereocenters. The Balaban J connectivity index is 1.16. The zero-order valence-corrected chi connectivity index (χ0v) is 26.2. The van der Waals surface area contributed by atoms with Crippen LogP contribution in [0, 0.1) is 11.6 Å². The molecule has 1 fully saturated rings. The first-order valence-electron chi connectivity index (χ1n) is 15.0. The Morgan fingerprint density at radius 3 is 2.55 bits per heavy atom. The van der Waals surface area contributed by atoms with E-state index in [1.165, 1.54) is 11.6 Å². The minimum Gasteiger partial charge on any atom is -0.378 e. The molecule has 1 aliphatic heterocycles. The van der Waals surface area contributed by atoms with Gasteiger partial charge in [0, 0.05) is 59.5 Å². The molecule has 1 N–H and O–H groups in total. The van der Waals surface area contributed by atoms with Gasteiger partial charge in [0.25, 0.3) is 0 Å². The van der Waals surface area contributed by atoms with Crippen LogP contribution in [0.15, 0.2) is 97.7 Å². The van der Waals surface area contributed by atoms with Crippen LogP contribution in [0.4, 0.5) is 14.5 Å². The molecule has 1 unspecified atom stereocenters. The molecule has 240 valence electrons. The van der Waals surface area contributed by atoms with Crippen molar-refractivity contribution in [3.05, 3.63) is 115 Å². The first-order valence-corrected chi connectivity index (χ1v) is 16.9. The lowest BCUT2D eigenvalue weighted by atomic mass is 10.0. The van der Waals surface area contributed by atoms with Crippen molar-refractivity contribution in [3.63, 3.8) is 0 Å². The van der Waals surface area contributed by atoms with E-state index in [1.54, 1.807) is 22.8 Å². The third kappa shape index (κ3) is 6.92. The number of nitrogens with one attached hydrogen (secondary N) is 1. The molecule has 13 heteroatoms. The molecule has 1 aliphatic rings. The molecule has 7 rings (SSSR count). The molecule has 0 bridgehead atoms. The van der Waals surface area contributed by atoms with E-state index in [0.29, 0.717) is 30.9 Å². The number of hydrogen-bond donors (Lipinski definition) is 1. The van der Waals surface area contributed by atoms with E-state index in [1.807, 2.05) is 41.5 Å². The Labute approximate surface area is 270 Å². The number of pyridine rings is 2. The highest BCUT2D eigenvalue weighted by molar-refractivity contribution is 7.92. The fraction of sp³-hybridized carbons (Fsp3) is 0.206. The molecular weight excluding hydrogens is 624 g/mol. The Morgan fingerprint density at radius 2 is 1.74 bits per heavy atom. The van der Waals surface area contributed by atoms with E-state index in [2.05, 4.69) is 49.1 Å². The van der Waals surface area contributed by atoms with Crippen LogP contribution < -0.4 is 4.72 Å². The molecule has 10 nitrogen and oxygen atoms in total. The van der Waals surface area contributed by atoms with Crippen LogP contribution in [0.1, 0.15) is 5.56 Å². The topological polar surface area (TPSA) is 107 Å². The second-order valence-corrected chi connectivity index (χ2v) is 13.3. The van der Waals surface area contributed by atoms with Crippen molar-refractivity contribution < 1.29 is 21.9 Å². The Bertz CT molecular complexity index is 2170. The maximum Gasteiger partial charge on any atom is 0.229 e. The molecule has 0 radical (unpaired) electrons. The third-order valence-corrected chi connectivity index (χ3v) is 8.69. The van der Waals surface area contributed by atoms with Gasteiger partial charge in [0.1, 0.15) is 11.5 Å². The second-order valence-electron chi connectivity index (χ2n) is 11.6. The van der Waals surface area contributed by atoms with Gasteiger partial charge < -0.3 is 4.74 Å². The van der Waals surface area contributed by atoms with Gasteiger partial charge in [0.05, 0.1) is 56.2 Å². The van der Waals surface area contributed by atoms with Crippen molar-refractivity contribution in [1.82, 2.24) is 29.3 Å². The average Bonchev–Trinajstić information content (AvgIpc) is 3.69. The maximum absolute atomic E-state index is 14.7. The highest BCUT2D eigenvalue weighted by Crippen LogP contribution is 2.34. The Kier molecular flexibility index (Phi) is 8.26. The summed E-state index contributed by atoms with van der Waals surface area (Å²) in [4.78, 5) is 6.35. The molecule has 0 saturated carbocycles. The number of sulfonamides is 1. The summed E-state index contributed by atoms with van der Waals surface area (Å²) in [5.41, 5.74) is 5.48. The van der Waals surface area contributed by atoms with E-state index >= 15 is 0 Å². The zero-order valence-electron chi connectivity index (χ0n) is 25.4. The van der Waals surface area contributed by atoms with Crippen molar-refractivity contribution in [1.29, 1.82) is 0 Å². The molecule has 47 heavy (non-hydrogen) atoms. The summed E-state index contributed by atoms with van der Waals surface area (Å²) >= 11 is 0. The average molecular weight is 656 g/mol. The predicted octanol–water partition coefficient (Wildman–Crippen LogP) is 5.48. The van der Waals surface area contributed by atoms with Gasteiger partial charge in [0.2, 0.25) is 10.0 Å². The summed E-state index contributed by atoms with van der Waals surface area (Å²) in [5, 5.41) is 9.20. The predicted molar refractivity (Wildman–Crippen MR) is 175 cm³/mol. The van der Waals surface area contributed by atoms with Gasteiger partial charge in [-0.2, -0.15) is 10.2 Å². The van der Waals surface area contributed by atoms with E-state index in [4.69, 9.17) is 4.74 Å². The summed E-state index contributed by atoms with van der Waals surface area (Å²) in [5.74, 6) is -1.67. The number of morpholine rings is 1. The fourth-order valence-electron chi connectivity index (χ4n) is 5.91. The number of halogens is 2. The van der Waals surface area contributed by atoms with Crippen molar-refractivity contribution in [2.24, 2.45) is 0 Å². The zero-order chi connectivity index (χ0) is 32.5. The fourth-order valence-corrected chi connectivity index (χ4v) is 6.46. The largest absolute Gasteiger partial charge is 0.378 e. The number of benzene rings is 2. The number of rotatable bonds is 9. The molecule has 1 saturated heterocycles. The van der Waals surface area contributed by atoms with Gasteiger partial charge in [-0.05, 0) is 35.4 Å². The van der Waals surface area contributed by atoms with Crippen LogP contribution >= 0.6 is 0 Å². The highest BCUT2D eigenvalue weighted by Gasteiger charge is 2.24. The summed E-state index contributed by atoms with van der Waals surface area (Å²) in [6, 6.07) is 20.0. The minimum atomic E-state index is -3.64. The number of ether oxygens (including phenoxy) is 1. The lowest BCUT2D eigenvalue weighted by Crippen LogP contribution is -2.47. The van der Waals surface area contributed by atoms with E-state index in [0.717, 1.165) is 48.3 Å². The summed E-state index contributed by atoms with van der Waals surface area (Å²) in [6.45, 7) is 3.74. The van der Waals surface area contributed by atoms with Crippen LogP contribution in [0.5, 0.6) is 0 Å². The van der Waals surface area contributed by atoms with E-state index < -0.39 is 21.7 Å². The van der Waals surface area contributed by atoms with Crippen molar-refractivity contribution >= 4 is 21.2 Å². The Morgan fingerprint density at radius 1 is 0.915 bits per heavy atom. The van der Waals surface area contributed by atoms with Crippen molar-refractivity contribution in [2.75, 3.05) is 30.7 Å². The van der Waals surface area contributed by atoms with Crippen LogP contribution in [0.25, 0.3) is 39.0 Å². The van der Waals surface area contributed by atoms with Gasteiger partial charge in [-0.3, -0.25) is 19.3 Å². The minimum absolute atomic E-state index is 0.108. The van der Waals surface area contributed by atoms with Gasteiger partial charge in [-0.1, -0.05) is 36.4 Å². The number of aromatic nitrogens is 5. The lowest BCUT2D eigenvalue weighted by Gasteiger charge is -2.35. The van der Waals surface area contributed by atoms with Crippen LogP contribution in [0.3, 0.4) is 0 Å². The smallest absolute Gasteiger partial charge is 0.229 e. The lowest BCUT2D eigenvalue weighted by molar-refractivity contribution is -0.0187. The van der Waals surface area contributed by atoms with Crippen LogP contribution in [-0.2, 0) is 27.8 Å². The molecule has 6 aromatic rings. The quantitative estimate of drug-likeness (QED) is 0.220. The standard InChI is InChI=1S/C34H31F2N7O3S/c1-47(44,45)40-29-12-25(11-26(13-29)34-32(36)14-28(35)16-37-34)31-17-39-43-20-24(7-8-33(31)43)27-15-38-42(19-27)21-30-22-46-10-9-41(30)18-23-5-3-2-4-6-23/h2-8,11-17,19-20,30,40H,9-10,18,21-22H2,1H3. The van der Waals surface area contributed by atoms with Gasteiger partial charge in [0.15, 0.2) is 5.82 Å². The van der Waals surface area contributed by atoms with Crippen LogP contribution in [0.2, 0.25) is 0 Å². The molecule has 4 aromatic heterocycles. The summed E-state index contributed by atoms with van der Waals surface area (Å²) < 4.78 is 64.3. The summed E-state index contributed by atoms with van der Waals surface area (Å²) in [7, 11) is -3.64. The highest BCUT2D eigenvalue weighted by atomic mass is 32.2. The van der Waals surface area contributed by atoms with E-state index in [9.17, 15) is 17.2 Å². The molecule has 5 heterocycles. The number of nitrogens with zero attached hydrogens (tertiary/aromatic N) is 6. The number of anilines is 1.